The van der Waals surface area contributed by atoms with Gasteiger partial charge in [-0.15, -0.1) is 0 Å². The third-order valence-corrected chi connectivity index (χ3v) is 2.84. The van der Waals surface area contributed by atoms with E-state index in [1.165, 1.54) is 19.1 Å². The van der Waals surface area contributed by atoms with E-state index in [9.17, 15) is 14.4 Å². The topological polar surface area (TPSA) is 105 Å². The van der Waals surface area contributed by atoms with E-state index in [0.29, 0.717) is 19.4 Å². The van der Waals surface area contributed by atoms with Crippen molar-refractivity contribution >= 4 is 18.0 Å². The minimum Gasteiger partial charge on any atom is -0.480 e. The van der Waals surface area contributed by atoms with Crippen LogP contribution >= 0.6 is 0 Å². The molecule has 0 spiro atoms. The van der Waals surface area contributed by atoms with Crippen LogP contribution in [0, 0.1) is 0 Å². The van der Waals surface area contributed by atoms with E-state index in [1.54, 1.807) is 0 Å². The maximum atomic E-state index is 12.1. The number of amides is 2. The van der Waals surface area contributed by atoms with Crippen LogP contribution in [0.1, 0.15) is 26.2 Å². The lowest BCUT2D eigenvalue weighted by Gasteiger charge is -2.24. The van der Waals surface area contributed by atoms with E-state index in [2.05, 4.69) is 10.1 Å². The van der Waals surface area contributed by atoms with Crippen LogP contribution in [-0.4, -0.2) is 67.9 Å². The molecule has 0 aliphatic heterocycles. The molecular weight excluding hydrogens is 280 g/mol. The molecule has 0 rings (SSSR count). The summed E-state index contributed by atoms with van der Waals surface area (Å²) in [5.74, 6) is -1.52. The standard InChI is InChI=1S/C13H24N2O6/c1-4-5-10(12(17)18)14-13(19)15(8-9-20-2)7-6-11(16)21-3/h10H,4-9H2,1-3H3,(H,14,19)(H,17,18). The van der Waals surface area contributed by atoms with Gasteiger partial charge in [0.2, 0.25) is 0 Å². The highest BCUT2D eigenvalue weighted by Crippen LogP contribution is 2.01. The number of nitrogens with one attached hydrogen (secondary N) is 1. The van der Waals surface area contributed by atoms with Gasteiger partial charge >= 0.3 is 18.0 Å². The van der Waals surface area contributed by atoms with Gasteiger partial charge in [-0.25, -0.2) is 9.59 Å². The van der Waals surface area contributed by atoms with Crippen molar-refractivity contribution in [1.29, 1.82) is 0 Å². The van der Waals surface area contributed by atoms with Gasteiger partial charge in [-0.3, -0.25) is 4.79 Å². The number of carboxylic acids is 1. The molecule has 0 fully saturated rings. The molecule has 0 bridgehead atoms. The summed E-state index contributed by atoms with van der Waals surface area (Å²) in [5, 5.41) is 11.5. The number of esters is 1. The van der Waals surface area contributed by atoms with E-state index in [4.69, 9.17) is 9.84 Å². The van der Waals surface area contributed by atoms with Crippen LogP contribution in [0.15, 0.2) is 0 Å². The normalized spacial score (nSPS) is 11.6. The second-order valence-electron chi connectivity index (χ2n) is 4.43. The Kier molecular flexibility index (Phi) is 9.95. The van der Waals surface area contributed by atoms with E-state index >= 15 is 0 Å². The summed E-state index contributed by atoms with van der Waals surface area (Å²) in [6, 6.07) is -1.47. The lowest BCUT2D eigenvalue weighted by atomic mass is 10.2. The lowest BCUT2D eigenvalue weighted by molar-refractivity contribution is -0.141. The van der Waals surface area contributed by atoms with E-state index in [0.717, 1.165) is 0 Å². The molecule has 0 aromatic heterocycles. The van der Waals surface area contributed by atoms with Crippen LogP contribution < -0.4 is 5.32 Å². The molecule has 1 atom stereocenters. The monoisotopic (exact) mass is 304 g/mol. The summed E-state index contributed by atoms with van der Waals surface area (Å²) in [5.41, 5.74) is 0. The molecule has 8 nitrogen and oxygen atoms in total. The second kappa shape index (κ2) is 10.9. The average Bonchev–Trinajstić information content (AvgIpc) is 2.46. The number of methoxy groups -OCH3 is 2. The molecule has 1 unspecified atom stereocenters. The second-order valence-corrected chi connectivity index (χ2v) is 4.43. The highest BCUT2D eigenvalue weighted by Gasteiger charge is 2.22. The van der Waals surface area contributed by atoms with Crippen molar-refractivity contribution in [3.8, 4) is 0 Å². The first-order chi connectivity index (χ1) is 9.96. The zero-order valence-corrected chi connectivity index (χ0v) is 12.8. The van der Waals surface area contributed by atoms with Gasteiger partial charge in [-0.05, 0) is 6.42 Å². The summed E-state index contributed by atoms with van der Waals surface area (Å²) < 4.78 is 9.42. The molecule has 0 aliphatic rings. The van der Waals surface area contributed by atoms with Crippen molar-refractivity contribution < 1.29 is 29.0 Å². The summed E-state index contributed by atoms with van der Waals surface area (Å²) >= 11 is 0. The number of carbonyl (C=O) groups is 3. The Morgan fingerprint density at radius 3 is 2.38 bits per heavy atom. The number of hydrogen-bond donors (Lipinski definition) is 2. The minimum atomic E-state index is -1.08. The number of carbonyl (C=O) groups excluding carboxylic acids is 2. The van der Waals surface area contributed by atoms with Gasteiger partial charge in [-0.2, -0.15) is 0 Å². The number of aliphatic carboxylic acids is 1. The predicted octanol–water partition coefficient (Wildman–Crippen LogP) is 0.461. The van der Waals surface area contributed by atoms with Crippen LogP contribution in [0.2, 0.25) is 0 Å². The molecule has 0 aromatic carbocycles. The van der Waals surface area contributed by atoms with Crippen LogP contribution in [0.25, 0.3) is 0 Å². The van der Waals surface area contributed by atoms with Crippen molar-refractivity contribution in [2.24, 2.45) is 0 Å². The third-order valence-electron chi connectivity index (χ3n) is 2.84. The number of carboxylic acid groups (broad SMARTS) is 1. The van der Waals surface area contributed by atoms with E-state index < -0.39 is 24.0 Å². The fourth-order valence-corrected chi connectivity index (χ4v) is 1.63. The Morgan fingerprint density at radius 1 is 1.24 bits per heavy atom. The van der Waals surface area contributed by atoms with Crippen molar-refractivity contribution in [2.75, 3.05) is 33.9 Å². The van der Waals surface area contributed by atoms with Crippen molar-refractivity contribution in [3.05, 3.63) is 0 Å². The van der Waals surface area contributed by atoms with Crippen molar-refractivity contribution in [3.63, 3.8) is 0 Å². The molecule has 0 aromatic rings. The first kappa shape index (κ1) is 19.2. The van der Waals surface area contributed by atoms with Gasteiger partial charge in [0.25, 0.3) is 0 Å². The van der Waals surface area contributed by atoms with Crippen LogP contribution in [0.4, 0.5) is 4.79 Å². The Labute approximate surface area is 124 Å². The fourth-order valence-electron chi connectivity index (χ4n) is 1.63. The van der Waals surface area contributed by atoms with Gasteiger partial charge in [0.05, 0.1) is 20.1 Å². The van der Waals surface area contributed by atoms with Crippen molar-refractivity contribution in [1.82, 2.24) is 10.2 Å². The molecule has 8 heteroatoms. The van der Waals surface area contributed by atoms with Gasteiger partial charge in [0.1, 0.15) is 6.04 Å². The molecule has 0 heterocycles. The van der Waals surface area contributed by atoms with Gasteiger partial charge in [0, 0.05) is 20.2 Å². The number of hydrogen-bond acceptors (Lipinski definition) is 5. The Morgan fingerprint density at radius 2 is 1.90 bits per heavy atom. The maximum Gasteiger partial charge on any atom is 0.326 e. The molecule has 0 aliphatic carbocycles. The SMILES string of the molecule is CCCC(NC(=O)N(CCOC)CCC(=O)OC)C(=O)O. The largest absolute Gasteiger partial charge is 0.480 e. The number of urea groups is 1. The molecule has 0 saturated carbocycles. The average molecular weight is 304 g/mol. The molecule has 0 radical (unpaired) electrons. The van der Waals surface area contributed by atoms with Crippen LogP contribution in [-0.2, 0) is 19.1 Å². The van der Waals surface area contributed by atoms with Gasteiger partial charge in [0.15, 0.2) is 0 Å². The number of ether oxygens (including phenoxy) is 2. The summed E-state index contributed by atoms with van der Waals surface area (Å²) in [6.45, 7) is 2.53. The van der Waals surface area contributed by atoms with Crippen molar-refractivity contribution in [2.45, 2.75) is 32.2 Å². The van der Waals surface area contributed by atoms with Gasteiger partial charge in [-0.1, -0.05) is 13.3 Å². The Balaban J connectivity index is 4.60. The minimum absolute atomic E-state index is 0.0408. The molecule has 122 valence electrons. The zero-order valence-electron chi connectivity index (χ0n) is 12.8. The first-order valence-corrected chi connectivity index (χ1v) is 6.80. The first-order valence-electron chi connectivity index (χ1n) is 6.80. The van der Waals surface area contributed by atoms with E-state index in [1.807, 2.05) is 6.92 Å². The van der Waals surface area contributed by atoms with Crippen LogP contribution in [0.3, 0.4) is 0 Å². The highest BCUT2D eigenvalue weighted by atomic mass is 16.5. The molecule has 0 saturated heterocycles. The third kappa shape index (κ3) is 8.13. The Hall–Kier alpha value is -1.83. The molecule has 21 heavy (non-hydrogen) atoms. The summed E-state index contributed by atoms with van der Waals surface area (Å²) in [6.07, 6.45) is 1.02. The quantitative estimate of drug-likeness (QED) is 0.568. The summed E-state index contributed by atoms with van der Waals surface area (Å²) in [7, 11) is 2.76. The number of rotatable bonds is 10. The highest BCUT2D eigenvalue weighted by molar-refractivity contribution is 5.82. The molecular formula is C13H24N2O6. The fraction of sp³-hybridized carbons (Fsp3) is 0.769. The molecule has 2 amide bonds. The van der Waals surface area contributed by atoms with Crippen LogP contribution in [0.5, 0.6) is 0 Å². The lowest BCUT2D eigenvalue weighted by Crippen LogP contribution is -2.49. The van der Waals surface area contributed by atoms with Gasteiger partial charge < -0.3 is 24.8 Å². The smallest absolute Gasteiger partial charge is 0.326 e. The Bertz CT molecular complexity index is 348. The number of nitrogens with zero attached hydrogens (tertiary/aromatic N) is 1. The van der Waals surface area contributed by atoms with E-state index in [-0.39, 0.29) is 19.5 Å². The predicted molar refractivity (Wildman–Crippen MR) is 74.9 cm³/mol. The summed E-state index contributed by atoms with van der Waals surface area (Å²) in [4.78, 5) is 35.6. The maximum absolute atomic E-state index is 12.1. The molecule has 2 N–H and O–H groups in total. The zero-order chi connectivity index (χ0) is 16.3.